The van der Waals surface area contributed by atoms with Gasteiger partial charge in [-0.1, -0.05) is 17.7 Å². The fraction of sp³-hybridized carbons (Fsp3) is 0.312. The Morgan fingerprint density at radius 3 is 2.88 bits per heavy atom. The zero-order chi connectivity index (χ0) is 18.0. The van der Waals surface area contributed by atoms with E-state index in [2.05, 4.69) is 26.4 Å². The number of carbonyl (C=O) groups is 2. The van der Waals surface area contributed by atoms with Crippen LogP contribution in [0.2, 0.25) is 5.02 Å². The van der Waals surface area contributed by atoms with Gasteiger partial charge in [0.2, 0.25) is 5.91 Å². The molecule has 0 radical (unpaired) electrons. The van der Waals surface area contributed by atoms with Crippen LogP contribution in [0.15, 0.2) is 30.3 Å². The summed E-state index contributed by atoms with van der Waals surface area (Å²) in [6.07, 6.45) is -0.124. The average molecular weight is 363 g/mol. The number of hydrogen-bond acceptors (Lipinski definition) is 4. The third kappa shape index (κ3) is 4.28. The number of urea groups is 1. The number of rotatable bonds is 3. The first-order valence-corrected chi connectivity index (χ1v) is 8.23. The lowest BCUT2D eigenvalue weighted by molar-refractivity contribution is -0.125. The topological polar surface area (TPSA) is 100 Å². The fourth-order valence-corrected chi connectivity index (χ4v) is 2.83. The molecule has 132 valence electrons. The standard InChI is InChI=1S/C16H19ClN6O2/c1-9-7-14(24)21-15(18-9)23-13(6-10(2)22-23)20-16(25)19-12-5-3-4-11(17)8-12/h3-6,8-9,15,18H,7H2,1-2H3,(H,21,24)(H2,19,20,25). The largest absolute Gasteiger partial charge is 0.324 e. The molecule has 2 heterocycles. The quantitative estimate of drug-likeness (QED) is 0.673. The molecule has 1 fully saturated rings. The molecule has 1 saturated heterocycles. The van der Waals surface area contributed by atoms with Crippen molar-refractivity contribution in [3.05, 3.63) is 41.0 Å². The van der Waals surface area contributed by atoms with E-state index in [4.69, 9.17) is 11.6 Å². The molecule has 1 aliphatic rings. The van der Waals surface area contributed by atoms with Crippen molar-refractivity contribution < 1.29 is 9.59 Å². The number of aromatic nitrogens is 2. The minimum absolute atomic E-state index is 0.0105. The maximum atomic E-state index is 12.3. The first kappa shape index (κ1) is 17.2. The van der Waals surface area contributed by atoms with E-state index in [1.807, 2.05) is 13.8 Å². The summed E-state index contributed by atoms with van der Waals surface area (Å²) in [5.74, 6) is 0.391. The number of aryl methyl sites for hydroxylation is 1. The molecule has 0 saturated carbocycles. The highest BCUT2D eigenvalue weighted by Gasteiger charge is 2.26. The van der Waals surface area contributed by atoms with Crippen LogP contribution in [0.1, 0.15) is 25.3 Å². The molecule has 2 unspecified atom stereocenters. The van der Waals surface area contributed by atoms with Crippen LogP contribution in [0.5, 0.6) is 0 Å². The maximum Gasteiger partial charge on any atom is 0.324 e. The third-order valence-electron chi connectivity index (χ3n) is 3.66. The number of nitrogens with one attached hydrogen (secondary N) is 4. The van der Waals surface area contributed by atoms with Gasteiger partial charge >= 0.3 is 6.03 Å². The van der Waals surface area contributed by atoms with Gasteiger partial charge in [-0.2, -0.15) is 5.10 Å². The molecular weight excluding hydrogens is 344 g/mol. The number of halogens is 1. The summed E-state index contributed by atoms with van der Waals surface area (Å²) in [6, 6.07) is 8.16. The molecule has 4 N–H and O–H groups in total. The fourth-order valence-electron chi connectivity index (χ4n) is 2.64. The summed E-state index contributed by atoms with van der Waals surface area (Å²) in [5, 5.41) is 16.4. The molecule has 0 bridgehead atoms. The van der Waals surface area contributed by atoms with Crippen molar-refractivity contribution in [3.8, 4) is 0 Å². The Hall–Kier alpha value is -2.58. The van der Waals surface area contributed by atoms with E-state index in [1.165, 1.54) is 0 Å². The number of hydrogen-bond donors (Lipinski definition) is 4. The van der Waals surface area contributed by atoms with Gasteiger partial charge < -0.3 is 10.6 Å². The number of anilines is 2. The Morgan fingerprint density at radius 2 is 2.16 bits per heavy atom. The Bertz CT molecular complexity index is 806. The summed E-state index contributed by atoms with van der Waals surface area (Å²) in [5.41, 5.74) is 1.29. The number of nitrogens with zero attached hydrogens (tertiary/aromatic N) is 2. The van der Waals surface area contributed by atoms with Crippen LogP contribution < -0.4 is 21.3 Å². The van der Waals surface area contributed by atoms with Gasteiger partial charge in [0.1, 0.15) is 5.82 Å². The van der Waals surface area contributed by atoms with Gasteiger partial charge in [0.15, 0.2) is 6.29 Å². The van der Waals surface area contributed by atoms with E-state index in [0.717, 1.165) is 0 Å². The molecular formula is C16H19ClN6O2. The predicted molar refractivity (Wildman–Crippen MR) is 95.5 cm³/mol. The highest BCUT2D eigenvalue weighted by Crippen LogP contribution is 2.18. The molecule has 3 rings (SSSR count). The predicted octanol–water partition coefficient (Wildman–Crippen LogP) is 2.44. The van der Waals surface area contributed by atoms with Crippen LogP contribution in [0.3, 0.4) is 0 Å². The van der Waals surface area contributed by atoms with Gasteiger partial charge in [-0.05, 0) is 32.0 Å². The smallest absolute Gasteiger partial charge is 0.322 e. The Morgan fingerprint density at radius 1 is 1.36 bits per heavy atom. The molecule has 0 spiro atoms. The van der Waals surface area contributed by atoms with E-state index in [0.29, 0.717) is 28.6 Å². The van der Waals surface area contributed by atoms with Crippen molar-refractivity contribution >= 4 is 35.0 Å². The minimum Gasteiger partial charge on any atom is -0.322 e. The van der Waals surface area contributed by atoms with Crippen molar-refractivity contribution in [2.75, 3.05) is 10.6 Å². The van der Waals surface area contributed by atoms with Crippen LogP contribution in [-0.4, -0.2) is 27.8 Å². The van der Waals surface area contributed by atoms with E-state index in [-0.39, 0.29) is 11.9 Å². The van der Waals surface area contributed by atoms with Crippen LogP contribution in [0.4, 0.5) is 16.3 Å². The molecule has 1 aromatic heterocycles. The molecule has 1 aliphatic heterocycles. The number of benzene rings is 1. The molecule has 8 nitrogen and oxygen atoms in total. The first-order chi connectivity index (χ1) is 11.9. The molecule has 25 heavy (non-hydrogen) atoms. The molecule has 3 amide bonds. The highest BCUT2D eigenvalue weighted by atomic mass is 35.5. The number of amides is 3. The van der Waals surface area contributed by atoms with Crippen molar-refractivity contribution in [3.63, 3.8) is 0 Å². The molecule has 1 aromatic carbocycles. The van der Waals surface area contributed by atoms with Crippen LogP contribution in [0, 0.1) is 6.92 Å². The molecule has 2 atom stereocenters. The Balaban J connectivity index is 1.74. The van der Waals surface area contributed by atoms with E-state index >= 15 is 0 Å². The minimum atomic E-state index is -0.522. The van der Waals surface area contributed by atoms with Gasteiger partial charge in [0.05, 0.1) is 5.69 Å². The van der Waals surface area contributed by atoms with Crippen LogP contribution >= 0.6 is 11.6 Å². The van der Waals surface area contributed by atoms with Crippen LogP contribution in [-0.2, 0) is 4.79 Å². The van der Waals surface area contributed by atoms with Gasteiger partial charge in [0, 0.05) is 29.2 Å². The lowest BCUT2D eigenvalue weighted by Gasteiger charge is -2.30. The van der Waals surface area contributed by atoms with Gasteiger partial charge in [-0.25, -0.2) is 9.48 Å². The number of carbonyl (C=O) groups excluding carboxylic acids is 2. The van der Waals surface area contributed by atoms with Crippen LogP contribution in [0.25, 0.3) is 0 Å². The summed E-state index contributed by atoms with van der Waals surface area (Å²) in [6.45, 7) is 3.73. The van der Waals surface area contributed by atoms with E-state index < -0.39 is 12.3 Å². The molecule has 0 aliphatic carbocycles. The highest BCUT2D eigenvalue weighted by molar-refractivity contribution is 6.30. The Labute approximate surface area is 149 Å². The second kappa shape index (κ2) is 7.12. The van der Waals surface area contributed by atoms with Crippen molar-refractivity contribution in [1.29, 1.82) is 0 Å². The van der Waals surface area contributed by atoms with Gasteiger partial charge in [-0.15, -0.1) is 0 Å². The Kier molecular flexibility index (Phi) is 4.91. The van der Waals surface area contributed by atoms with Crippen molar-refractivity contribution in [1.82, 2.24) is 20.4 Å². The van der Waals surface area contributed by atoms with Crippen molar-refractivity contribution in [2.24, 2.45) is 0 Å². The summed E-state index contributed by atoms with van der Waals surface area (Å²) < 4.78 is 1.54. The van der Waals surface area contributed by atoms with Gasteiger partial charge in [0.25, 0.3) is 0 Å². The van der Waals surface area contributed by atoms with E-state index in [9.17, 15) is 9.59 Å². The third-order valence-corrected chi connectivity index (χ3v) is 3.89. The van der Waals surface area contributed by atoms with E-state index in [1.54, 1.807) is 35.0 Å². The molecule has 9 heteroatoms. The zero-order valence-electron chi connectivity index (χ0n) is 13.8. The van der Waals surface area contributed by atoms with Crippen molar-refractivity contribution in [2.45, 2.75) is 32.6 Å². The normalized spacial score (nSPS) is 20.0. The summed E-state index contributed by atoms with van der Waals surface area (Å²) >= 11 is 5.91. The first-order valence-electron chi connectivity index (χ1n) is 7.86. The zero-order valence-corrected chi connectivity index (χ0v) is 14.6. The maximum absolute atomic E-state index is 12.3. The lowest BCUT2D eigenvalue weighted by atomic mass is 10.2. The summed E-state index contributed by atoms with van der Waals surface area (Å²) in [7, 11) is 0. The van der Waals surface area contributed by atoms with Gasteiger partial charge in [-0.3, -0.25) is 15.4 Å². The average Bonchev–Trinajstić information content (AvgIpc) is 2.86. The summed E-state index contributed by atoms with van der Waals surface area (Å²) in [4.78, 5) is 24.0. The second-order valence-electron chi connectivity index (χ2n) is 5.95. The lowest BCUT2D eigenvalue weighted by Crippen LogP contribution is -2.52. The SMILES string of the molecule is Cc1cc(NC(=O)Nc2cccc(Cl)c2)n(C2NC(=O)CC(C)N2)n1. The second-order valence-corrected chi connectivity index (χ2v) is 6.38. The monoisotopic (exact) mass is 362 g/mol. The molecule has 2 aromatic rings.